The lowest BCUT2D eigenvalue weighted by atomic mass is 10.0. The zero-order valence-corrected chi connectivity index (χ0v) is 12.7. The molecule has 0 saturated heterocycles. The van der Waals surface area contributed by atoms with Gasteiger partial charge in [0.05, 0.1) is 7.11 Å². The van der Waals surface area contributed by atoms with E-state index in [-0.39, 0.29) is 11.9 Å². The number of benzene rings is 1. The molecule has 20 heavy (non-hydrogen) atoms. The third kappa shape index (κ3) is 4.05. The fourth-order valence-electron chi connectivity index (χ4n) is 2.07. The molecule has 0 fully saturated rings. The summed E-state index contributed by atoms with van der Waals surface area (Å²) in [5, 5.41) is 5.56. The predicted molar refractivity (Wildman–Crippen MR) is 82.0 cm³/mol. The highest BCUT2D eigenvalue weighted by Gasteiger charge is 2.14. The van der Waals surface area contributed by atoms with Gasteiger partial charge < -0.3 is 10.1 Å². The Labute approximate surface area is 123 Å². The van der Waals surface area contributed by atoms with Gasteiger partial charge in [-0.3, -0.25) is 0 Å². The molecule has 0 amide bonds. The van der Waals surface area contributed by atoms with E-state index in [0.717, 1.165) is 30.7 Å². The molecule has 1 aromatic carbocycles. The van der Waals surface area contributed by atoms with Gasteiger partial charge in [-0.2, -0.15) is 0 Å². The summed E-state index contributed by atoms with van der Waals surface area (Å²) in [5.74, 6) is 0.706. The molecule has 0 aliphatic heterocycles. The standard InChI is InChI=1S/C16H20FNOS/c1-3-8-18-15(16-10-14(19-2)11-20-16)9-12-4-6-13(17)7-5-12/h4-7,10-11,15,18H,3,8-9H2,1-2H3. The Hall–Kier alpha value is -1.39. The van der Waals surface area contributed by atoms with E-state index in [4.69, 9.17) is 4.74 Å². The lowest BCUT2D eigenvalue weighted by Gasteiger charge is -2.17. The van der Waals surface area contributed by atoms with Gasteiger partial charge in [-0.1, -0.05) is 19.1 Å². The van der Waals surface area contributed by atoms with Crippen LogP contribution >= 0.6 is 11.3 Å². The van der Waals surface area contributed by atoms with Crippen molar-refractivity contribution in [2.24, 2.45) is 0 Å². The van der Waals surface area contributed by atoms with Crippen molar-refractivity contribution in [2.45, 2.75) is 25.8 Å². The molecule has 1 atom stereocenters. The summed E-state index contributed by atoms with van der Waals surface area (Å²) < 4.78 is 18.2. The molecule has 0 radical (unpaired) electrons. The van der Waals surface area contributed by atoms with Gasteiger partial charge in [0.1, 0.15) is 11.6 Å². The molecule has 108 valence electrons. The molecule has 4 heteroatoms. The number of thiophene rings is 1. The summed E-state index contributed by atoms with van der Waals surface area (Å²) in [4.78, 5) is 1.25. The first-order valence-electron chi connectivity index (χ1n) is 6.83. The molecule has 1 N–H and O–H groups in total. The lowest BCUT2D eigenvalue weighted by molar-refractivity contribution is 0.415. The van der Waals surface area contributed by atoms with E-state index in [1.165, 1.54) is 17.0 Å². The van der Waals surface area contributed by atoms with Gasteiger partial charge in [-0.25, -0.2) is 4.39 Å². The Kier molecular flexibility index (Phi) is 5.56. The lowest BCUT2D eigenvalue weighted by Crippen LogP contribution is -2.23. The minimum atomic E-state index is -0.190. The van der Waals surface area contributed by atoms with Crippen LogP contribution in [0, 0.1) is 5.82 Å². The van der Waals surface area contributed by atoms with Crippen LogP contribution in [0.3, 0.4) is 0 Å². The smallest absolute Gasteiger partial charge is 0.129 e. The first-order chi connectivity index (χ1) is 9.72. The van der Waals surface area contributed by atoms with E-state index in [2.05, 4.69) is 18.3 Å². The number of nitrogens with one attached hydrogen (secondary N) is 1. The molecule has 2 rings (SSSR count). The highest BCUT2D eigenvalue weighted by atomic mass is 32.1. The van der Waals surface area contributed by atoms with Crippen LogP contribution in [0.2, 0.25) is 0 Å². The van der Waals surface area contributed by atoms with Crippen LogP contribution in [0.4, 0.5) is 4.39 Å². The molecule has 0 spiro atoms. The monoisotopic (exact) mass is 293 g/mol. The van der Waals surface area contributed by atoms with Crippen LogP contribution < -0.4 is 10.1 Å². The highest BCUT2D eigenvalue weighted by Crippen LogP contribution is 2.29. The molecule has 0 aliphatic rings. The Morgan fingerprint density at radius 1 is 1.30 bits per heavy atom. The van der Waals surface area contributed by atoms with Crippen LogP contribution in [0.1, 0.15) is 29.8 Å². The summed E-state index contributed by atoms with van der Waals surface area (Å²) in [6, 6.07) is 9.04. The predicted octanol–water partition coefficient (Wildman–Crippen LogP) is 4.18. The van der Waals surface area contributed by atoms with Gasteiger partial charge in [-0.15, -0.1) is 11.3 Å². The Balaban J connectivity index is 2.12. The normalized spacial score (nSPS) is 12.3. The molecule has 2 nitrogen and oxygen atoms in total. The second-order valence-corrected chi connectivity index (χ2v) is 5.67. The van der Waals surface area contributed by atoms with Crippen molar-refractivity contribution in [2.75, 3.05) is 13.7 Å². The third-order valence-corrected chi connectivity index (χ3v) is 4.19. The fourth-order valence-corrected chi connectivity index (χ4v) is 3.00. The summed E-state index contributed by atoms with van der Waals surface area (Å²) in [7, 11) is 1.68. The quantitative estimate of drug-likeness (QED) is 0.827. The largest absolute Gasteiger partial charge is 0.496 e. The number of halogens is 1. The first kappa shape index (κ1) is 15.0. The zero-order valence-electron chi connectivity index (χ0n) is 11.9. The average molecular weight is 293 g/mol. The van der Waals surface area contributed by atoms with Crippen LogP contribution in [0.5, 0.6) is 5.75 Å². The first-order valence-corrected chi connectivity index (χ1v) is 7.71. The van der Waals surface area contributed by atoms with Crippen molar-refractivity contribution >= 4 is 11.3 Å². The van der Waals surface area contributed by atoms with Crippen molar-refractivity contribution in [3.05, 3.63) is 52.0 Å². The van der Waals surface area contributed by atoms with E-state index in [1.807, 2.05) is 17.5 Å². The van der Waals surface area contributed by atoms with E-state index in [1.54, 1.807) is 18.4 Å². The maximum absolute atomic E-state index is 13.0. The minimum absolute atomic E-state index is 0.190. The van der Waals surface area contributed by atoms with Gasteiger partial charge >= 0.3 is 0 Å². The van der Waals surface area contributed by atoms with E-state index in [0.29, 0.717) is 0 Å². The van der Waals surface area contributed by atoms with Crippen LogP contribution in [-0.4, -0.2) is 13.7 Å². The molecule has 1 aromatic heterocycles. The van der Waals surface area contributed by atoms with Crippen molar-refractivity contribution in [1.82, 2.24) is 5.32 Å². The second kappa shape index (κ2) is 7.41. The molecule has 0 saturated carbocycles. The van der Waals surface area contributed by atoms with E-state index in [9.17, 15) is 4.39 Å². The molecule has 0 aliphatic carbocycles. The number of methoxy groups -OCH3 is 1. The Bertz CT molecular complexity index is 524. The summed E-state index contributed by atoms with van der Waals surface area (Å²) in [6.45, 7) is 3.11. The third-order valence-electron chi connectivity index (χ3n) is 3.17. The second-order valence-electron chi connectivity index (χ2n) is 4.73. The van der Waals surface area contributed by atoms with Crippen molar-refractivity contribution in [3.8, 4) is 5.75 Å². The van der Waals surface area contributed by atoms with Gasteiger partial charge in [0.2, 0.25) is 0 Å². The highest BCUT2D eigenvalue weighted by molar-refractivity contribution is 7.10. The van der Waals surface area contributed by atoms with E-state index < -0.39 is 0 Å². The van der Waals surface area contributed by atoms with Crippen LogP contribution in [0.15, 0.2) is 35.7 Å². The number of rotatable bonds is 7. The van der Waals surface area contributed by atoms with Gasteiger partial charge in [0.15, 0.2) is 0 Å². The van der Waals surface area contributed by atoms with Crippen molar-refractivity contribution in [3.63, 3.8) is 0 Å². The van der Waals surface area contributed by atoms with E-state index >= 15 is 0 Å². The maximum Gasteiger partial charge on any atom is 0.129 e. The molecule has 1 unspecified atom stereocenters. The summed E-state index contributed by atoms with van der Waals surface area (Å²) in [6.07, 6.45) is 1.94. The molecule has 1 heterocycles. The molecule has 0 bridgehead atoms. The topological polar surface area (TPSA) is 21.3 Å². The van der Waals surface area contributed by atoms with Crippen LogP contribution in [-0.2, 0) is 6.42 Å². The van der Waals surface area contributed by atoms with Crippen LogP contribution in [0.25, 0.3) is 0 Å². The molecular formula is C16H20FNOS. The van der Waals surface area contributed by atoms with Gasteiger partial charge in [0.25, 0.3) is 0 Å². The zero-order chi connectivity index (χ0) is 14.4. The fraction of sp³-hybridized carbons (Fsp3) is 0.375. The Morgan fingerprint density at radius 3 is 2.65 bits per heavy atom. The summed E-state index contributed by atoms with van der Waals surface area (Å²) >= 11 is 1.69. The SMILES string of the molecule is CCCNC(Cc1ccc(F)cc1)c1cc(OC)cs1. The summed E-state index contributed by atoms with van der Waals surface area (Å²) in [5.41, 5.74) is 1.13. The van der Waals surface area contributed by atoms with Crippen molar-refractivity contribution < 1.29 is 9.13 Å². The van der Waals surface area contributed by atoms with Gasteiger partial charge in [0, 0.05) is 16.3 Å². The average Bonchev–Trinajstić information content (AvgIpc) is 2.94. The molecule has 2 aromatic rings. The number of ether oxygens (including phenoxy) is 1. The number of hydrogen-bond donors (Lipinski definition) is 1. The van der Waals surface area contributed by atoms with Crippen molar-refractivity contribution in [1.29, 1.82) is 0 Å². The minimum Gasteiger partial charge on any atom is -0.496 e. The maximum atomic E-state index is 13.0. The van der Waals surface area contributed by atoms with Gasteiger partial charge in [-0.05, 0) is 43.1 Å². The Morgan fingerprint density at radius 2 is 2.05 bits per heavy atom. The number of hydrogen-bond acceptors (Lipinski definition) is 3. The molecular weight excluding hydrogens is 273 g/mol.